The Hall–Kier alpha value is -0.690. The lowest BCUT2D eigenvalue weighted by Gasteiger charge is -2.41. The van der Waals surface area contributed by atoms with Crippen LogP contribution in [0.25, 0.3) is 0 Å². The predicted octanol–water partition coefficient (Wildman–Crippen LogP) is 2.70. The topological polar surface area (TPSA) is 39.4 Å². The molecule has 2 rings (SSSR count). The first-order chi connectivity index (χ1) is 7.85. The van der Waals surface area contributed by atoms with E-state index in [1.54, 1.807) is 11.8 Å². The molecule has 0 radical (unpaired) electrons. The van der Waals surface area contributed by atoms with Crippen molar-refractivity contribution in [1.29, 1.82) is 5.26 Å². The van der Waals surface area contributed by atoms with Gasteiger partial charge in [-0.1, -0.05) is 31.0 Å². The van der Waals surface area contributed by atoms with Gasteiger partial charge in [0.15, 0.2) is 5.17 Å². The number of amidine groups is 1. The SMILES string of the molecule is CSC(=NC#N)N1CCC2CCCCC2C1. The van der Waals surface area contributed by atoms with Gasteiger partial charge in [-0.2, -0.15) is 5.26 Å². The zero-order chi connectivity index (χ0) is 11.4. The van der Waals surface area contributed by atoms with Crippen molar-refractivity contribution in [2.24, 2.45) is 16.8 Å². The highest BCUT2D eigenvalue weighted by Gasteiger charge is 2.32. The van der Waals surface area contributed by atoms with E-state index in [9.17, 15) is 0 Å². The minimum absolute atomic E-state index is 0.846. The second kappa shape index (κ2) is 5.58. The Bertz CT molecular complexity index is 308. The van der Waals surface area contributed by atoms with Gasteiger partial charge in [0.2, 0.25) is 6.19 Å². The molecule has 0 aromatic rings. The number of hydrogen-bond donors (Lipinski definition) is 0. The molecule has 0 N–H and O–H groups in total. The summed E-state index contributed by atoms with van der Waals surface area (Å²) in [5, 5.41) is 9.56. The fourth-order valence-electron chi connectivity index (χ4n) is 3.06. The van der Waals surface area contributed by atoms with Crippen LogP contribution in [0, 0.1) is 23.3 Å². The summed E-state index contributed by atoms with van der Waals surface area (Å²) in [7, 11) is 0. The van der Waals surface area contributed by atoms with E-state index in [-0.39, 0.29) is 0 Å². The third-order valence-corrected chi connectivity index (χ3v) is 4.60. The number of hydrogen-bond acceptors (Lipinski definition) is 3. The van der Waals surface area contributed by atoms with E-state index in [4.69, 9.17) is 5.26 Å². The summed E-state index contributed by atoms with van der Waals surface area (Å²) in [5.41, 5.74) is 0. The number of rotatable bonds is 0. The van der Waals surface area contributed by atoms with Crippen molar-refractivity contribution in [2.75, 3.05) is 19.3 Å². The standard InChI is InChI=1S/C12H19N3S/c1-16-12(14-9-13)15-7-6-10-4-2-3-5-11(10)8-15/h10-11H,2-8H2,1H3. The van der Waals surface area contributed by atoms with Gasteiger partial charge in [0.25, 0.3) is 0 Å². The van der Waals surface area contributed by atoms with E-state index in [2.05, 4.69) is 9.89 Å². The van der Waals surface area contributed by atoms with Crippen LogP contribution >= 0.6 is 11.8 Å². The lowest BCUT2D eigenvalue weighted by molar-refractivity contribution is 0.132. The summed E-state index contributed by atoms with van der Waals surface area (Å²) < 4.78 is 0. The lowest BCUT2D eigenvalue weighted by atomic mass is 9.75. The molecule has 1 heterocycles. The van der Waals surface area contributed by atoms with Crippen molar-refractivity contribution in [3.05, 3.63) is 0 Å². The first kappa shape index (κ1) is 11.8. The van der Waals surface area contributed by atoms with E-state index < -0.39 is 0 Å². The van der Waals surface area contributed by atoms with E-state index >= 15 is 0 Å². The third kappa shape index (κ3) is 2.52. The van der Waals surface area contributed by atoms with Gasteiger partial charge in [0, 0.05) is 13.1 Å². The summed E-state index contributed by atoms with van der Waals surface area (Å²) in [6, 6.07) is 0. The maximum atomic E-state index is 8.65. The van der Waals surface area contributed by atoms with Crippen molar-refractivity contribution in [1.82, 2.24) is 4.90 Å². The molecule has 2 unspecified atom stereocenters. The maximum absolute atomic E-state index is 8.65. The molecular weight excluding hydrogens is 218 g/mol. The number of piperidine rings is 1. The van der Waals surface area contributed by atoms with Gasteiger partial charge in [0.1, 0.15) is 0 Å². The number of nitriles is 1. The quantitative estimate of drug-likeness (QED) is 0.369. The Kier molecular flexibility index (Phi) is 4.11. The number of likely N-dealkylation sites (tertiary alicyclic amines) is 1. The summed E-state index contributed by atoms with van der Waals surface area (Å²) in [5.74, 6) is 1.79. The minimum Gasteiger partial charge on any atom is -0.350 e. The van der Waals surface area contributed by atoms with E-state index in [0.29, 0.717) is 0 Å². The predicted molar refractivity (Wildman–Crippen MR) is 68.2 cm³/mol. The normalized spacial score (nSPS) is 30.8. The zero-order valence-corrected chi connectivity index (χ0v) is 10.7. The molecule has 4 heteroatoms. The van der Waals surface area contributed by atoms with Crippen LogP contribution in [0.3, 0.4) is 0 Å². The van der Waals surface area contributed by atoms with Crippen LogP contribution in [0.5, 0.6) is 0 Å². The van der Waals surface area contributed by atoms with Gasteiger partial charge in [-0.05, 0) is 30.9 Å². The third-order valence-electron chi connectivity index (χ3n) is 3.89. The Morgan fingerprint density at radius 3 is 2.75 bits per heavy atom. The average Bonchev–Trinajstić information content (AvgIpc) is 2.35. The van der Waals surface area contributed by atoms with E-state index in [1.807, 2.05) is 12.4 Å². The number of nitrogens with zero attached hydrogens (tertiary/aromatic N) is 3. The molecule has 3 nitrogen and oxygen atoms in total. The summed E-state index contributed by atoms with van der Waals surface area (Å²) in [6.45, 7) is 2.20. The number of thioether (sulfide) groups is 1. The van der Waals surface area contributed by atoms with Crippen LogP contribution in [0.4, 0.5) is 0 Å². The molecule has 1 saturated carbocycles. The molecule has 2 atom stereocenters. The molecule has 16 heavy (non-hydrogen) atoms. The van der Waals surface area contributed by atoms with Crippen LogP contribution in [-0.4, -0.2) is 29.4 Å². The minimum atomic E-state index is 0.846. The first-order valence-electron chi connectivity index (χ1n) is 6.11. The molecule has 1 saturated heterocycles. The molecule has 1 aliphatic carbocycles. The van der Waals surface area contributed by atoms with Crippen LogP contribution in [0.1, 0.15) is 32.1 Å². The molecule has 2 aliphatic rings. The molecule has 1 aliphatic heterocycles. The molecular formula is C12H19N3S. The van der Waals surface area contributed by atoms with Crippen molar-refractivity contribution >= 4 is 16.9 Å². The first-order valence-corrected chi connectivity index (χ1v) is 7.33. The molecule has 0 aromatic heterocycles. The largest absolute Gasteiger partial charge is 0.350 e. The van der Waals surface area contributed by atoms with Crippen LogP contribution in [-0.2, 0) is 0 Å². The smallest absolute Gasteiger partial charge is 0.208 e. The molecule has 2 fully saturated rings. The molecule has 0 spiro atoms. The van der Waals surface area contributed by atoms with Crippen LogP contribution < -0.4 is 0 Å². The van der Waals surface area contributed by atoms with Crippen LogP contribution in [0.2, 0.25) is 0 Å². The Labute approximate surface area is 102 Å². The fourth-order valence-corrected chi connectivity index (χ4v) is 3.62. The van der Waals surface area contributed by atoms with Crippen molar-refractivity contribution in [3.8, 4) is 6.19 Å². The number of fused-ring (bicyclic) bond motifs is 1. The second-order valence-corrected chi connectivity index (χ2v) is 5.51. The Balaban J connectivity index is 1.99. The van der Waals surface area contributed by atoms with Gasteiger partial charge in [-0.25, -0.2) is 0 Å². The summed E-state index contributed by atoms with van der Waals surface area (Å²) in [6.07, 6.45) is 10.8. The Morgan fingerprint density at radius 2 is 2.06 bits per heavy atom. The average molecular weight is 237 g/mol. The maximum Gasteiger partial charge on any atom is 0.208 e. The highest BCUT2D eigenvalue weighted by molar-refractivity contribution is 8.13. The van der Waals surface area contributed by atoms with Crippen molar-refractivity contribution < 1.29 is 0 Å². The van der Waals surface area contributed by atoms with E-state index in [0.717, 1.165) is 30.1 Å². The van der Waals surface area contributed by atoms with Crippen molar-refractivity contribution in [3.63, 3.8) is 0 Å². The molecule has 0 amide bonds. The molecule has 0 bridgehead atoms. The highest BCUT2D eigenvalue weighted by atomic mass is 32.2. The number of aliphatic imine (C=N–C) groups is 1. The Morgan fingerprint density at radius 1 is 1.31 bits per heavy atom. The van der Waals surface area contributed by atoms with Crippen molar-refractivity contribution in [2.45, 2.75) is 32.1 Å². The van der Waals surface area contributed by atoms with Gasteiger partial charge in [0.05, 0.1) is 0 Å². The highest BCUT2D eigenvalue weighted by Crippen LogP contribution is 2.36. The van der Waals surface area contributed by atoms with Crippen LogP contribution in [0.15, 0.2) is 4.99 Å². The van der Waals surface area contributed by atoms with Gasteiger partial charge in [-0.3, -0.25) is 0 Å². The van der Waals surface area contributed by atoms with E-state index in [1.165, 1.54) is 32.1 Å². The monoisotopic (exact) mass is 237 g/mol. The zero-order valence-electron chi connectivity index (χ0n) is 9.85. The molecule has 0 aromatic carbocycles. The summed E-state index contributed by atoms with van der Waals surface area (Å²) in [4.78, 5) is 6.22. The van der Waals surface area contributed by atoms with Gasteiger partial charge >= 0.3 is 0 Å². The lowest BCUT2D eigenvalue weighted by Crippen LogP contribution is -2.43. The van der Waals surface area contributed by atoms with Gasteiger partial charge < -0.3 is 4.90 Å². The fraction of sp³-hybridized carbons (Fsp3) is 0.833. The summed E-state index contributed by atoms with van der Waals surface area (Å²) >= 11 is 1.59. The molecule has 88 valence electrons. The van der Waals surface area contributed by atoms with Gasteiger partial charge in [-0.15, -0.1) is 4.99 Å². The second-order valence-electron chi connectivity index (χ2n) is 4.74.